The Balaban J connectivity index is 1.25. The van der Waals surface area contributed by atoms with Crippen LogP contribution in [0.15, 0.2) is 33.9 Å². The fraction of sp³-hybridized carbons (Fsp3) is 0.438. The van der Waals surface area contributed by atoms with Gasteiger partial charge in [-0.2, -0.15) is 0 Å². The number of ketones is 1. The predicted molar refractivity (Wildman–Crippen MR) is 190 cm³/mol. The molecular weight excluding hydrogens is 742 g/mol. The number of aromatic nitrogens is 1. The number of carboxylic acids is 1. The number of carboxylic acid groups (broad SMARTS) is 1. The number of likely N-dealkylation sites (tertiary alicyclic amines) is 1. The number of aromatic hydroxyl groups is 2. The molecule has 1 aromatic carbocycles. The van der Waals surface area contributed by atoms with Crippen molar-refractivity contribution in [3.63, 3.8) is 0 Å². The van der Waals surface area contributed by atoms with Crippen molar-refractivity contribution in [3.8, 4) is 11.5 Å². The zero-order valence-electron chi connectivity index (χ0n) is 28.0. The number of hydrogen-bond acceptors (Lipinski definition) is 14. The second-order valence-corrected chi connectivity index (χ2v) is 15.3. The van der Waals surface area contributed by atoms with Gasteiger partial charge in [-0.15, -0.1) is 23.1 Å². The molecule has 4 atom stereocenters. The molecule has 0 bridgehead atoms. The molecule has 5 rings (SSSR count). The van der Waals surface area contributed by atoms with E-state index in [1.807, 2.05) is 13.8 Å². The van der Waals surface area contributed by atoms with E-state index in [1.165, 1.54) is 17.1 Å². The lowest BCUT2D eigenvalue weighted by Crippen LogP contribution is -2.71. The van der Waals surface area contributed by atoms with E-state index in [4.69, 9.17) is 22.2 Å². The van der Waals surface area contributed by atoms with E-state index in [1.54, 1.807) is 4.90 Å². The molecule has 20 heteroatoms. The number of carbonyl (C=O) groups excluding carboxylic acids is 5. The van der Waals surface area contributed by atoms with Crippen LogP contribution >= 0.6 is 34.7 Å². The highest BCUT2D eigenvalue weighted by Gasteiger charge is 2.54. The fourth-order valence-corrected chi connectivity index (χ4v) is 8.79. The number of quaternary nitrogens is 1. The van der Waals surface area contributed by atoms with Gasteiger partial charge >= 0.3 is 5.97 Å². The highest BCUT2D eigenvalue weighted by molar-refractivity contribution is 8.00. The van der Waals surface area contributed by atoms with Crippen molar-refractivity contribution in [2.75, 3.05) is 38.5 Å². The minimum atomic E-state index is -1.64. The molecule has 2 fully saturated rings. The number of nitrogen functional groups attached to an aromatic ring is 1. The molecule has 7 N–H and O–H groups in total. The molecule has 2 aromatic rings. The molecule has 17 nitrogen and oxygen atoms in total. The molecule has 3 aliphatic rings. The summed E-state index contributed by atoms with van der Waals surface area (Å²) in [6, 6.07) is 1.31. The van der Waals surface area contributed by atoms with Crippen LogP contribution < -0.4 is 16.4 Å². The van der Waals surface area contributed by atoms with E-state index in [-0.39, 0.29) is 34.1 Å². The first-order valence-electron chi connectivity index (χ1n) is 16.2. The number of fused-ring (bicyclic) bond motifs is 1. The van der Waals surface area contributed by atoms with Gasteiger partial charge in [-0.05, 0) is 26.0 Å². The first-order valence-corrected chi connectivity index (χ1v) is 18.4. The Morgan fingerprint density at radius 1 is 1.23 bits per heavy atom. The van der Waals surface area contributed by atoms with Crippen LogP contribution in [0.5, 0.6) is 11.5 Å². The third kappa shape index (κ3) is 7.86. The van der Waals surface area contributed by atoms with Crippen LogP contribution in [0.25, 0.3) is 0 Å². The first-order chi connectivity index (χ1) is 24.7. The second kappa shape index (κ2) is 15.9. The minimum Gasteiger partial charge on any atom is -0.504 e. The lowest BCUT2D eigenvalue weighted by atomic mass is 10.00. The van der Waals surface area contributed by atoms with E-state index in [9.17, 15) is 44.1 Å². The van der Waals surface area contributed by atoms with Gasteiger partial charge in [-0.1, -0.05) is 16.8 Å². The van der Waals surface area contributed by atoms with Gasteiger partial charge in [0.2, 0.25) is 6.10 Å². The number of oxime groups is 1. The monoisotopic (exact) mass is 778 g/mol. The quantitative estimate of drug-likeness (QED) is 0.0218. The number of Topliss-reactive ketones (excluding diaryl/α,β-unsaturated/α-hetero) is 1. The summed E-state index contributed by atoms with van der Waals surface area (Å²) in [4.78, 5) is 85.5. The number of aliphatic carboxylic acids is 1. The minimum absolute atomic E-state index is 0.00512. The van der Waals surface area contributed by atoms with Crippen molar-refractivity contribution >= 4 is 81.3 Å². The summed E-state index contributed by atoms with van der Waals surface area (Å²) in [7, 11) is 0. The number of β-lactam (4-membered cyclic amide) rings is 1. The van der Waals surface area contributed by atoms with Gasteiger partial charge in [0.15, 0.2) is 22.3 Å². The molecule has 0 aliphatic carbocycles. The van der Waals surface area contributed by atoms with Crippen LogP contribution in [0.1, 0.15) is 49.2 Å². The number of nitrogens with zero attached hydrogens (tertiary/aromatic N) is 4. The van der Waals surface area contributed by atoms with Crippen molar-refractivity contribution in [2.24, 2.45) is 5.16 Å². The maximum Gasteiger partial charge on any atom is 0.348 e. The van der Waals surface area contributed by atoms with Crippen molar-refractivity contribution in [2.45, 2.75) is 55.9 Å². The maximum absolute atomic E-state index is 13.5. The Labute approximate surface area is 310 Å². The standard InChI is InChI=1S/C32H36ClN7O10S2/c1-15-18(13-40(9-3-4-10-40)11-8-35-28(46)25(43)17-5-6-20(42)26(44)22(17)33)16(2)52-30-24(29(47)39(15)30)37-27(45)23(19-14-51-32(34)36-19)38-50-21(7-12-41)31(48)49/h5-6,12,14,16,21,24,30H,3-4,7-11,13H2,1-2H3,(H6-,34,35,36,37,38,42,43,44,45,46,48,49)/p+1/t16-,21-,24+,30+/m0/s1. The van der Waals surface area contributed by atoms with Gasteiger partial charge < -0.3 is 45.8 Å². The Bertz CT molecular complexity index is 1860. The largest absolute Gasteiger partial charge is 0.504 e. The van der Waals surface area contributed by atoms with Crippen molar-refractivity contribution in [1.29, 1.82) is 0 Å². The lowest BCUT2D eigenvalue weighted by Gasteiger charge is -2.52. The van der Waals surface area contributed by atoms with Crippen LogP contribution in [-0.2, 0) is 28.8 Å². The van der Waals surface area contributed by atoms with Crippen LogP contribution in [-0.4, -0.2) is 127 Å². The number of phenols is 2. The molecule has 0 saturated carbocycles. The first kappa shape index (κ1) is 38.5. The van der Waals surface area contributed by atoms with Gasteiger partial charge in [-0.25, -0.2) is 9.78 Å². The normalized spacial score (nSPS) is 21.5. The molecule has 3 aliphatic heterocycles. The number of anilines is 1. The highest BCUT2D eigenvalue weighted by Crippen LogP contribution is 2.45. The zero-order chi connectivity index (χ0) is 37.9. The molecule has 0 unspecified atom stereocenters. The molecule has 52 heavy (non-hydrogen) atoms. The Morgan fingerprint density at radius 2 is 1.94 bits per heavy atom. The molecule has 3 amide bonds. The van der Waals surface area contributed by atoms with E-state index in [0.29, 0.717) is 23.9 Å². The van der Waals surface area contributed by atoms with Crippen LogP contribution in [0.2, 0.25) is 5.02 Å². The Kier molecular flexibility index (Phi) is 11.8. The van der Waals surface area contributed by atoms with Gasteiger partial charge in [0.05, 0.1) is 43.2 Å². The summed E-state index contributed by atoms with van der Waals surface area (Å²) < 4.78 is 0.623. The van der Waals surface area contributed by atoms with Gasteiger partial charge in [0, 0.05) is 34.7 Å². The van der Waals surface area contributed by atoms with Crippen LogP contribution in [0.4, 0.5) is 5.13 Å². The van der Waals surface area contributed by atoms with Crippen molar-refractivity contribution < 1.29 is 53.4 Å². The highest BCUT2D eigenvalue weighted by atomic mass is 35.5. The van der Waals surface area contributed by atoms with E-state index in [2.05, 4.69) is 20.8 Å². The molecule has 0 radical (unpaired) electrons. The van der Waals surface area contributed by atoms with Crippen molar-refractivity contribution in [1.82, 2.24) is 20.5 Å². The topological polar surface area (TPSA) is 251 Å². The number of rotatable bonds is 15. The van der Waals surface area contributed by atoms with E-state index < -0.39 is 69.7 Å². The van der Waals surface area contributed by atoms with Crippen molar-refractivity contribution in [3.05, 3.63) is 45.1 Å². The number of halogens is 1. The number of carbonyl (C=O) groups is 6. The summed E-state index contributed by atoms with van der Waals surface area (Å²) in [6.45, 7) is 6.82. The number of phenolic OH excluding ortho intramolecular Hbond substituents is 2. The maximum atomic E-state index is 13.5. The SMILES string of the molecule is CC1=C(C[N+]2(CCNC(=O)C(=O)c3ccc(O)c(O)c3Cl)CCCC2)[C@H](C)S[C@@H]2[C@H](NC(=O)/C(=N\O[C@@H](CC=O)C(=O)O)c3csc(N)n3)C(=O)N12. The Morgan fingerprint density at radius 3 is 2.58 bits per heavy atom. The number of hydrogen-bond donors (Lipinski definition) is 6. The van der Waals surface area contributed by atoms with Crippen LogP contribution in [0.3, 0.4) is 0 Å². The number of nitrogens with one attached hydrogen (secondary N) is 2. The summed E-state index contributed by atoms with van der Waals surface area (Å²) >= 11 is 8.48. The smallest absolute Gasteiger partial charge is 0.348 e. The lowest BCUT2D eigenvalue weighted by molar-refractivity contribution is -0.911. The second-order valence-electron chi connectivity index (χ2n) is 12.5. The van der Waals surface area contributed by atoms with Crippen LogP contribution in [0, 0.1) is 0 Å². The molecule has 1 aromatic heterocycles. The average molecular weight is 779 g/mol. The summed E-state index contributed by atoms with van der Waals surface area (Å²) in [5.74, 6) is -5.70. The summed E-state index contributed by atoms with van der Waals surface area (Å²) in [5, 5.41) is 38.4. The fourth-order valence-electron chi connectivity index (χ4n) is 6.45. The zero-order valence-corrected chi connectivity index (χ0v) is 30.4. The third-order valence-electron chi connectivity index (χ3n) is 9.26. The summed E-state index contributed by atoms with van der Waals surface area (Å²) in [5.41, 5.74) is 6.90. The predicted octanol–water partition coefficient (Wildman–Crippen LogP) is 1.22. The molecular formula is C32H37ClN7O10S2+. The average Bonchev–Trinajstić information content (AvgIpc) is 3.76. The number of aldehydes is 1. The summed E-state index contributed by atoms with van der Waals surface area (Å²) in [6.07, 6.45) is 0.121. The van der Waals surface area contributed by atoms with E-state index in [0.717, 1.165) is 60.7 Å². The van der Waals surface area contributed by atoms with Gasteiger partial charge in [0.25, 0.3) is 23.5 Å². The molecule has 4 heterocycles. The number of allylic oxidation sites excluding steroid dienone is 1. The van der Waals surface area contributed by atoms with Gasteiger partial charge in [-0.3, -0.25) is 24.1 Å². The van der Waals surface area contributed by atoms with E-state index >= 15 is 0 Å². The van der Waals surface area contributed by atoms with Gasteiger partial charge in [0.1, 0.15) is 29.9 Å². The Hall–Kier alpha value is -4.72. The molecule has 2 saturated heterocycles. The molecule has 0 spiro atoms. The number of nitrogens with two attached hydrogens (primary N) is 1. The number of thioether (sulfide) groups is 1. The molecule has 278 valence electrons. The third-order valence-corrected chi connectivity index (χ3v) is 11.8. The number of thiazole rings is 1. The number of amides is 3. The number of benzene rings is 1.